The van der Waals surface area contributed by atoms with E-state index >= 15 is 0 Å². The van der Waals surface area contributed by atoms with Crippen molar-refractivity contribution in [3.63, 3.8) is 0 Å². The molecule has 0 bridgehead atoms. The van der Waals surface area contributed by atoms with Crippen LogP contribution in [0.1, 0.15) is 23.4 Å². The number of rotatable bonds is 6. The summed E-state index contributed by atoms with van der Waals surface area (Å²) in [6.07, 6.45) is 0.638. The lowest BCUT2D eigenvalue weighted by atomic mass is 10.1. The van der Waals surface area contributed by atoms with Gasteiger partial charge in [0.1, 0.15) is 0 Å². The van der Waals surface area contributed by atoms with Crippen LogP contribution in [0.3, 0.4) is 0 Å². The van der Waals surface area contributed by atoms with Crippen molar-refractivity contribution in [2.24, 2.45) is 0 Å². The second-order valence-electron chi connectivity index (χ2n) is 6.76. The third kappa shape index (κ3) is 4.29. The van der Waals surface area contributed by atoms with Gasteiger partial charge in [-0.05, 0) is 44.0 Å². The van der Waals surface area contributed by atoms with Gasteiger partial charge >= 0.3 is 0 Å². The molecule has 136 valence electrons. The lowest BCUT2D eigenvalue weighted by molar-refractivity contribution is 0.153. The molecule has 2 aromatic rings. The number of nitrogens with zero attached hydrogens (tertiary/aromatic N) is 3. The Morgan fingerprint density at radius 3 is 2.72 bits per heavy atom. The highest BCUT2D eigenvalue weighted by atomic mass is 32.2. The van der Waals surface area contributed by atoms with Gasteiger partial charge in [0.2, 0.25) is 0 Å². The Hall–Kier alpha value is -1.70. The van der Waals surface area contributed by atoms with E-state index in [9.17, 15) is 13.5 Å². The van der Waals surface area contributed by atoms with Crippen LogP contribution in [0.15, 0.2) is 30.3 Å². The highest BCUT2D eigenvalue weighted by Gasteiger charge is 2.32. The van der Waals surface area contributed by atoms with Crippen molar-refractivity contribution in [1.29, 1.82) is 0 Å². The Morgan fingerprint density at radius 2 is 2.12 bits per heavy atom. The normalized spacial score (nSPS) is 19.6. The number of aromatic nitrogens is 2. The largest absolute Gasteiger partial charge is 0.395 e. The van der Waals surface area contributed by atoms with Crippen molar-refractivity contribution in [2.75, 3.05) is 24.7 Å². The summed E-state index contributed by atoms with van der Waals surface area (Å²) in [5, 5.41) is 13.9. The molecule has 3 rings (SSSR count). The first-order chi connectivity index (χ1) is 11.9. The summed E-state index contributed by atoms with van der Waals surface area (Å²) >= 11 is 0. The Kier molecular flexibility index (Phi) is 5.27. The first kappa shape index (κ1) is 18.1. The summed E-state index contributed by atoms with van der Waals surface area (Å²) in [5.41, 5.74) is 4.12. The predicted octanol–water partition coefficient (Wildman–Crippen LogP) is 1.47. The molecule has 1 N–H and O–H groups in total. The van der Waals surface area contributed by atoms with Gasteiger partial charge in [0.25, 0.3) is 0 Å². The summed E-state index contributed by atoms with van der Waals surface area (Å²) in [6.45, 7) is 5.11. The molecule has 0 radical (unpaired) electrons. The van der Waals surface area contributed by atoms with Gasteiger partial charge in [-0.3, -0.25) is 4.90 Å². The standard InChI is InChI=1S/C18H25N3O3S/c1-14-10-15(2)21(19-14)17-5-3-4-16(11-17)12-20(7-8-22)18-6-9-25(23,24)13-18/h3-5,10-11,18,22H,6-9,12-13H2,1-2H3. The van der Waals surface area contributed by atoms with Gasteiger partial charge in [-0.25, -0.2) is 13.1 Å². The summed E-state index contributed by atoms with van der Waals surface area (Å²) in [7, 11) is -2.94. The lowest BCUT2D eigenvalue weighted by Crippen LogP contribution is -2.37. The maximum absolute atomic E-state index is 11.8. The fourth-order valence-corrected chi connectivity index (χ4v) is 5.26. The minimum absolute atomic E-state index is 0.0190. The van der Waals surface area contributed by atoms with Crippen LogP contribution >= 0.6 is 0 Å². The predicted molar refractivity (Wildman–Crippen MR) is 97.6 cm³/mol. The second kappa shape index (κ2) is 7.27. The maximum Gasteiger partial charge on any atom is 0.151 e. The van der Waals surface area contributed by atoms with E-state index in [1.807, 2.05) is 42.8 Å². The van der Waals surface area contributed by atoms with E-state index in [2.05, 4.69) is 16.1 Å². The zero-order chi connectivity index (χ0) is 18.0. The van der Waals surface area contributed by atoms with E-state index in [0.717, 1.165) is 22.6 Å². The van der Waals surface area contributed by atoms with Crippen LogP contribution in [0.4, 0.5) is 0 Å². The molecule has 2 heterocycles. The third-order valence-electron chi connectivity index (χ3n) is 4.66. The Bertz CT molecular complexity index is 845. The minimum Gasteiger partial charge on any atom is -0.395 e. The molecule has 1 aromatic heterocycles. The van der Waals surface area contributed by atoms with Crippen molar-refractivity contribution >= 4 is 9.84 Å². The SMILES string of the molecule is Cc1cc(C)n(-c2cccc(CN(CCO)C3CCS(=O)(=O)C3)c2)n1. The Morgan fingerprint density at radius 1 is 1.32 bits per heavy atom. The van der Waals surface area contributed by atoms with E-state index in [1.54, 1.807) is 0 Å². The summed E-state index contributed by atoms with van der Waals surface area (Å²) in [6, 6.07) is 10.1. The lowest BCUT2D eigenvalue weighted by Gasteiger charge is -2.27. The van der Waals surface area contributed by atoms with Gasteiger partial charge in [0.15, 0.2) is 9.84 Å². The van der Waals surface area contributed by atoms with Crippen molar-refractivity contribution in [3.8, 4) is 5.69 Å². The van der Waals surface area contributed by atoms with E-state index in [0.29, 0.717) is 19.5 Å². The van der Waals surface area contributed by atoms with Crippen molar-refractivity contribution in [3.05, 3.63) is 47.3 Å². The fourth-order valence-electron chi connectivity index (χ4n) is 3.49. The van der Waals surface area contributed by atoms with Crippen molar-refractivity contribution in [2.45, 2.75) is 32.9 Å². The van der Waals surface area contributed by atoms with E-state index < -0.39 is 9.84 Å². The molecular weight excluding hydrogens is 338 g/mol. The first-order valence-corrected chi connectivity index (χ1v) is 10.4. The van der Waals surface area contributed by atoms with Crippen molar-refractivity contribution < 1.29 is 13.5 Å². The average molecular weight is 363 g/mol. The number of aliphatic hydroxyl groups is 1. The number of hydrogen-bond donors (Lipinski definition) is 1. The van der Waals surface area contributed by atoms with Gasteiger partial charge in [0.05, 0.1) is 29.5 Å². The van der Waals surface area contributed by atoms with Crippen LogP contribution in [0.2, 0.25) is 0 Å². The number of benzene rings is 1. The zero-order valence-corrected chi connectivity index (χ0v) is 15.5. The van der Waals surface area contributed by atoms with Crippen LogP contribution in [-0.4, -0.2) is 58.9 Å². The van der Waals surface area contributed by atoms with E-state index in [4.69, 9.17) is 0 Å². The summed E-state index contributed by atoms with van der Waals surface area (Å²) in [5.74, 6) is 0.426. The molecule has 7 heteroatoms. The Balaban J connectivity index is 1.81. The average Bonchev–Trinajstić information content (AvgIpc) is 3.08. The van der Waals surface area contributed by atoms with Gasteiger partial charge in [0, 0.05) is 24.8 Å². The van der Waals surface area contributed by atoms with Gasteiger partial charge in [-0.2, -0.15) is 5.10 Å². The maximum atomic E-state index is 11.8. The first-order valence-electron chi connectivity index (χ1n) is 8.56. The molecule has 25 heavy (non-hydrogen) atoms. The molecule has 1 aromatic carbocycles. The zero-order valence-electron chi connectivity index (χ0n) is 14.7. The van der Waals surface area contributed by atoms with Gasteiger partial charge in [-0.1, -0.05) is 12.1 Å². The molecule has 1 aliphatic heterocycles. The molecule has 0 aliphatic carbocycles. The highest BCUT2D eigenvalue weighted by molar-refractivity contribution is 7.91. The Labute approximate surface area is 149 Å². The number of aliphatic hydroxyl groups excluding tert-OH is 1. The van der Waals surface area contributed by atoms with Crippen LogP contribution in [-0.2, 0) is 16.4 Å². The quantitative estimate of drug-likeness (QED) is 0.841. The van der Waals surface area contributed by atoms with Crippen LogP contribution in [0.5, 0.6) is 0 Å². The van der Waals surface area contributed by atoms with Gasteiger partial charge in [-0.15, -0.1) is 0 Å². The summed E-state index contributed by atoms with van der Waals surface area (Å²) in [4.78, 5) is 2.07. The van der Waals surface area contributed by atoms with Gasteiger partial charge < -0.3 is 5.11 Å². The number of hydrogen-bond acceptors (Lipinski definition) is 5. The van der Waals surface area contributed by atoms with Crippen LogP contribution < -0.4 is 0 Å². The van der Waals surface area contributed by atoms with Crippen molar-refractivity contribution in [1.82, 2.24) is 14.7 Å². The van der Waals surface area contributed by atoms with Crippen LogP contribution in [0, 0.1) is 13.8 Å². The van der Waals surface area contributed by atoms with E-state index in [-0.39, 0.29) is 24.2 Å². The molecule has 1 aliphatic rings. The molecule has 1 saturated heterocycles. The molecule has 1 fully saturated rings. The molecule has 1 atom stereocenters. The molecular formula is C18H25N3O3S. The second-order valence-corrected chi connectivity index (χ2v) is 8.99. The third-order valence-corrected chi connectivity index (χ3v) is 6.41. The molecule has 0 saturated carbocycles. The fraction of sp³-hybridized carbons (Fsp3) is 0.500. The molecule has 0 spiro atoms. The minimum atomic E-state index is -2.94. The number of sulfone groups is 1. The van der Waals surface area contributed by atoms with E-state index in [1.165, 1.54) is 0 Å². The highest BCUT2D eigenvalue weighted by Crippen LogP contribution is 2.21. The summed E-state index contributed by atoms with van der Waals surface area (Å²) < 4.78 is 25.5. The topological polar surface area (TPSA) is 75.4 Å². The van der Waals surface area contributed by atoms with Crippen LogP contribution in [0.25, 0.3) is 5.69 Å². The monoisotopic (exact) mass is 363 g/mol. The number of aryl methyl sites for hydroxylation is 2. The molecule has 0 amide bonds. The smallest absolute Gasteiger partial charge is 0.151 e. The molecule has 6 nitrogen and oxygen atoms in total. The molecule has 1 unspecified atom stereocenters.